The molecule has 0 saturated carbocycles. The lowest BCUT2D eigenvalue weighted by atomic mass is 9.99. The second kappa shape index (κ2) is 13.7. The number of nitrogens with one attached hydrogen (secondary N) is 3. The van der Waals surface area contributed by atoms with Gasteiger partial charge in [0, 0.05) is 49.0 Å². The second-order valence-corrected chi connectivity index (χ2v) is 13.2. The van der Waals surface area contributed by atoms with Crippen molar-refractivity contribution in [3.05, 3.63) is 58.9 Å². The zero-order valence-corrected chi connectivity index (χ0v) is 25.7. The van der Waals surface area contributed by atoms with Crippen LogP contribution in [0.15, 0.2) is 36.4 Å². The fourth-order valence-corrected chi connectivity index (χ4v) is 6.72. The molecule has 3 N–H and O–H groups in total. The Balaban J connectivity index is 1.21. The SMILES string of the molecule is CSSCCOC(=O)NCC(=O)N1CCC[C@H]1C(=O)N(C)Cc1ccc(-c2[nH]c3cc(F)cc4c3c2CCNC4=O)cc1. The Labute approximate surface area is 256 Å². The molecule has 1 aromatic heterocycles. The van der Waals surface area contributed by atoms with E-state index in [4.69, 9.17) is 4.74 Å². The van der Waals surface area contributed by atoms with Gasteiger partial charge in [-0.2, -0.15) is 0 Å². The van der Waals surface area contributed by atoms with Crippen molar-refractivity contribution in [2.75, 3.05) is 45.3 Å². The number of hydrogen-bond acceptors (Lipinski definition) is 7. The summed E-state index contributed by atoms with van der Waals surface area (Å²) in [6.45, 7) is 1.29. The van der Waals surface area contributed by atoms with Crippen LogP contribution in [0.3, 0.4) is 0 Å². The molecule has 43 heavy (non-hydrogen) atoms. The number of aromatic amines is 1. The minimum Gasteiger partial charge on any atom is -0.449 e. The second-order valence-electron chi connectivity index (χ2n) is 10.5. The molecule has 2 aliphatic rings. The van der Waals surface area contributed by atoms with Gasteiger partial charge in [-0.15, -0.1) is 0 Å². The molecule has 0 aliphatic carbocycles. The van der Waals surface area contributed by atoms with Crippen LogP contribution in [0.1, 0.15) is 34.3 Å². The number of halogens is 1. The number of likely N-dealkylation sites (N-methyl/N-ethyl adjacent to an activating group) is 1. The largest absolute Gasteiger partial charge is 0.449 e. The fourth-order valence-electron chi connectivity index (χ4n) is 5.69. The van der Waals surface area contributed by atoms with Gasteiger partial charge in [-0.1, -0.05) is 45.9 Å². The zero-order chi connectivity index (χ0) is 30.5. The van der Waals surface area contributed by atoms with Gasteiger partial charge in [0.05, 0.1) is 5.56 Å². The maximum Gasteiger partial charge on any atom is 0.407 e. The Bertz CT molecular complexity index is 1530. The monoisotopic (exact) mass is 627 g/mol. The number of aromatic nitrogens is 1. The van der Waals surface area contributed by atoms with Crippen LogP contribution in [-0.4, -0.2) is 89.9 Å². The van der Waals surface area contributed by atoms with Crippen molar-refractivity contribution < 1.29 is 28.3 Å². The maximum absolute atomic E-state index is 14.2. The van der Waals surface area contributed by atoms with E-state index in [1.165, 1.54) is 17.0 Å². The number of ether oxygens (including phenoxy) is 1. The van der Waals surface area contributed by atoms with Crippen LogP contribution in [0.5, 0.6) is 0 Å². The van der Waals surface area contributed by atoms with Crippen molar-refractivity contribution >= 4 is 56.3 Å². The number of amides is 4. The third-order valence-electron chi connectivity index (χ3n) is 7.67. The summed E-state index contributed by atoms with van der Waals surface area (Å²) in [5.74, 6) is -0.572. The van der Waals surface area contributed by atoms with E-state index < -0.39 is 18.0 Å². The average Bonchev–Trinajstić information content (AvgIpc) is 3.59. The molecule has 2 aliphatic heterocycles. The highest BCUT2D eigenvalue weighted by Crippen LogP contribution is 2.35. The summed E-state index contributed by atoms with van der Waals surface area (Å²) in [5, 5.41) is 6.06. The maximum atomic E-state index is 14.2. The van der Waals surface area contributed by atoms with Gasteiger partial charge in [-0.25, -0.2) is 9.18 Å². The van der Waals surface area contributed by atoms with Crippen LogP contribution in [0.4, 0.5) is 9.18 Å². The third-order valence-corrected chi connectivity index (χ3v) is 9.45. The number of alkyl carbamates (subject to hydrolysis) is 1. The third kappa shape index (κ3) is 6.93. The van der Waals surface area contributed by atoms with Gasteiger partial charge in [-0.3, -0.25) is 14.4 Å². The van der Waals surface area contributed by atoms with E-state index >= 15 is 0 Å². The normalized spacial score (nSPS) is 16.1. The zero-order valence-electron chi connectivity index (χ0n) is 24.0. The van der Waals surface area contributed by atoms with Gasteiger partial charge >= 0.3 is 6.09 Å². The molecule has 0 radical (unpaired) electrons. The molecule has 0 bridgehead atoms. The Morgan fingerprint density at radius 2 is 2.00 bits per heavy atom. The van der Waals surface area contributed by atoms with E-state index in [2.05, 4.69) is 15.6 Å². The molecule has 5 rings (SSSR count). The number of carbonyl (C=O) groups is 4. The molecule has 1 atom stereocenters. The Hall–Kier alpha value is -3.71. The van der Waals surface area contributed by atoms with Gasteiger partial charge in [0.2, 0.25) is 11.8 Å². The molecule has 0 spiro atoms. The van der Waals surface area contributed by atoms with E-state index in [1.807, 2.05) is 30.5 Å². The van der Waals surface area contributed by atoms with Crippen LogP contribution in [0, 0.1) is 5.82 Å². The van der Waals surface area contributed by atoms with Gasteiger partial charge in [-0.05, 0) is 54.3 Å². The standard InChI is InChI=1S/C30H34FN5O5S2/c1-35(29(39)24-4-3-11-36(24)25(37)16-33-30(40)41-12-13-43-42-2)17-18-5-7-19(8-6-18)27-21-9-10-32-28(38)22-14-20(31)15-23(34-27)26(21)22/h5-8,14-15,24,34H,3-4,9-13,16-17H2,1-2H3,(H,32,38)(H,33,40)/t24-/m0/s1. The van der Waals surface area contributed by atoms with Crippen LogP contribution < -0.4 is 10.6 Å². The average molecular weight is 628 g/mol. The molecule has 1 fully saturated rings. The highest BCUT2D eigenvalue weighted by atomic mass is 33.1. The smallest absolute Gasteiger partial charge is 0.407 e. The Morgan fingerprint density at radius 1 is 1.21 bits per heavy atom. The first-order valence-corrected chi connectivity index (χ1v) is 16.8. The highest BCUT2D eigenvalue weighted by molar-refractivity contribution is 8.76. The van der Waals surface area contributed by atoms with Gasteiger partial charge in [0.15, 0.2) is 0 Å². The Kier molecular flexibility index (Phi) is 9.81. The van der Waals surface area contributed by atoms with Crippen molar-refractivity contribution in [1.82, 2.24) is 25.4 Å². The number of H-pyrrole nitrogens is 1. The van der Waals surface area contributed by atoms with Crippen molar-refractivity contribution in [2.45, 2.75) is 31.8 Å². The topological polar surface area (TPSA) is 124 Å². The van der Waals surface area contributed by atoms with Crippen LogP contribution in [0.2, 0.25) is 0 Å². The summed E-state index contributed by atoms with van der Waals surface area (Å²) in [4.78, 5) is 57.0. The molecule has 228 valence electrons. The summed E-state index contributed by atoms with van der Waals surface area (Å²) in [6, 6.07) is 9.86. The van der Waals surface area contributed by atoms with Crippen molar-refractivity contribution in [2.24, 2.45) is 0 Å². The summed E-state index contributed by atoms with van der Waals surface area (Å²) in [7, 11) is 4.87. The molecule has 3 aromatic rings. The van der Waals surface area contributed by atoms with Gasteiger partial charge in [0.25, 0.3) is 5.91 Å². The first-order valence-electron chi connectivity index (χ1n) is 14.1. The number of nitrogens with zero attached hydrogens (tertiary/aromatic N) is 2. The minimum atomic E-state index is -0.650. The van der Waals surface area contributed by atoms with E-state index in [1.54, 1.807) is 33.5 Å². The molecule has 4 amide bonds. The molecule has 3 heterocycles. The van der Waals surface area contributed by atoms with E-state index in [0.29, 0.717) is 55.7 Å². The van der Waals surface area contributed by atoms with Crippen LogP contribution in [-0.2, 0) is 27.3 Å². The van der Waals surface area contributed by atoms with E-state index in [9.17, 15) is 23.6 Å². The number of rotatable bonds is 10. The molecule has 2 aromatic carbocycles. The van der Waals surface area contributed by atoms with Crippen molar-refractivity contribution in [3.63, 3.8) is 0 Å². The lowest BCUT2D eigenvalue weighted by Gasteiger charge is -2.28. The molecule has 13 heteroatoms. The molecule has 1 saturated heterocycles. The van der Waals surface area contributed by atoms with E-state index in [-0.39, 0.29) is 30.9 Å². The van der Waals surface area contributed by atoms with Crippen LogP contribution in [0.25, 0.3) is 22.2 Å². The Morgan fingerprint density at radius 3 is 2.77 bits per heavy atom. The van der Waals surface area contributed by atoms with E-state index in [0.717, 1.165) is 27.8 Å². The van der Waals surface area contributed by atoms with Gasteiger partial charge < -0.3 is 30.2 Å². The summed E-state index contributed by atoms with van der Waals surface area (Å²) in [6.07, 6.45) is 3.18. The lowest BCUT2D eigenvalue weighted by molar-refractivity contribution is -0.142. The molecular formula is C30H34FN5O5S2. The molecular weight excluding hydrogens is 593 g/mol. The number of likely N-dealkylation sites (tertiary alicyclic amines) is 1. The number of hydrogen-bond donors (Lipinski definition) is 3. The van der Waals surface area contributed by atoms with Crippen LogP contribution >= 0.6 is 21.6 Å². The fraction of sp³-hybridized carbons (Fsp3) is 0.400. The van der Waals surface area contributed by atoms with Crippen molar-refractivity contribution in [1.29, 1.82) is 0 Å². The lowest BCUT2D eigenvalue weighted by Crippen LogP contribution is -2.49. The predicted octanol–water partition coefficient (Wildman–Crippen LogP) is 3.95. The molecule has 0 unspecified atom stereocenters. The number of benzene rings is 2. The first kappa shape index (κ1) is 30.7. The summed E-state index contributed by atoms with van der Waals surface area (Å²) < 4.78 is 19.3. The van der Waals surface area contributed by atoms with Gasteiger partial charge in [0.1, 0.15) is 25.0 Å². The quantitative estimate of drug-likeness (QED) is 0.230. The summed E-state index contributed by atoms with van der Waals surface area (Å²) >= 11 is 0. The minimum absolute atomic E-state index is 0.158. The summed E-state index contributed by atoms with van der Waals surface area (Å²) in [5.41, 5.74) is 4.52. The predicted molar refractivity (Wildman–Crippen MR) is 166 cm³/mol. The van der Waals surface area contributed by atoms with Crippen molar-refractivity contribution in [3.8, 4) is 11.3 Å². The highest BCUT2D eigenvalue weighted by Gasteiger charge is 2.35. The molecule has 10 nitrogen and oxygen atoms in total. The number of carbonyl (C=O) groups excluding carboxylic acids is 4. The first-order chi connectivity index (χ1) is 20.8.